The van der Waals surface area contributed by atoms with E-state index < -0.39 is 4.92 Å². The molecule has 0 radical (unpaired) electrons. The Morgan fingerprint density at radius 3 is 2.61 bits per heavy atom. The smallest absolute Gasteiger partial charge is 0.324 e. The first-order valence-corrected chi connectivity index (χ1v) is 7.30. The zero-order valence-corrected chi connectivity index (χ0v) is 13.0. The van der Waals surface area contributed by atoms with E-state index in [1.165, 1.54) is 26.4 Å². The average molecular weight is 333 g/mol. The van der Waals surface area contributed by atoms with Crippen LogP contribution in [0.2, 0.25) is 0 Å². The molecule has 0 N–H and O–H groups in total. The van der Waals surface area contributed by atoms with Gasteiger partial charge in [0.2, 0.25) is 11.5 Å². The maximum absolute atomic E-state index is 12.4. The van der Waals surface area contributed by atoms with Crippen LogP contribution < -0.4 is 14.2 Å². The minimum absolute atomic E-state index is 0.000870. The van der Waals surface area contributed by atoms with Crippen LogP contribution in [-0.4, -0.2) is 24.9 Å². The van der Waals surface area contributed by atoms with Crippen molar-refractivity contribution in [2.24, 2.45) is 0 Å². The number of nitrogens with zero attached hydrogens (tertiary/aromatic N) is 1. The van der Waals surface area contributed by atoms with Gasteiger partial charge in [-0.05, 0) is 18.2 Å². The van der Waals surface area contributed by atoms with Crippen LogP contribution >= 0.6 is 11.3 Å². The molecule has 0 bridgehead atoms. The molecule has 2 aromatic rings. The number of nitro groups is 1. The number of benzene rings is 1. The number of allylic oxidation sites excluding steroid dienone is 1. The summed E-state index contributed by atoms with van der Waals surface area (Å²) in [7, 11) is 2.94. The molecule has 0 fully saturated rings. The molecule has 0 spiro atoms. The van der Waals surface area contributed by atoms with Crippen molar-refractivity contribution in [3.63, 3.8) is 0 Å². The van der Waals surface area contributed by atoms with Crippen molar-refractivity contribution >= 4 is 28.2 Å². The van der Waals surface area contributed by atoms with E-state index in [4.69, 9.17) is 14.2 Å². The van der Waals surface area contributed by atoms with Gasteiger partial charge in [-0.25, -0.2) is 0 Å². The number of methoxy groups -OCH3 is 2. The van der Waals surface area contributed by atoms with E-state index in [2.05, 4.69) is 0 Å². The van der Waals surface area contributed by atoms with E-state index in [9.17, 15) is 14.9 Å². The van der Waals surface area contributed by atoms with Crippen molar-refractivity contribution in [1.82, 2.24) is 0 Å². The Labute approximate surface area is 134 Å². The zero-order chi connectivity index (χ0) is 16.6. The van der Waals surface area contributed by atoms with Crippen LogP contribution in [0.1, 0.15) is 15.2 Å². The Morgan fingerprint density at radius 1 is 1.22 bits per heavy atom. The standard InChI is InChI=1S/C15H11NO6S/c1-20-10-5-4-9-13(17)11(22-14(9)15(10)21-2)7-8-3-6-12(23-8)16(18)19/h3-7H,1-2H3/b11-7-. The van der Waals surface area contributed by atoms with Gasteiger partial charge < -0.3 is 14.2 Å². The number of Topliss-reactive ketones (excluding diaryl/α,β-unsaturated/α-hetero) is 1. The van der Waals surface area contributed by atoms with Gasteiger partial charge in [0.1, 0.15) is 0 Å². The third-order valence-electron chi connectivity index (χ3n) is 3.25. The SMILES string of the molecule is COc1ccc2c(c1OC)O/C(=C\c1ccc([N+](=O)[O-])s1)C2=O. The molecule has 1 aromatic heterocycles. The minimum Gasteiger partial charge on any atom is -0.493 e. The molecule has 1 aromatic carbocycles. The summed E-state index contributed by atoms with van der Waals surface area (Å²) in [6.45, 7) is 0. The number of carbonyl (C=O) groups excluding carboxylic acids is 1. The molecule has 0 aliphatic carbocycles. The zero-order valence-electron chi connectivity index (χ0n) is 12.2. The third kappa shape index (κ3) is 2.53. The summed E-state index contributed by atoms with van der Waals surface area (Å²) in [6, 6.07) is 6.16. The predicted octanol–water partition coefficient (Wildman–Crippen LogP) is 3.29. The van der Waals surface area contributed by atoms with Crippen molar-refractivity contribution < 1.29 is 23.9 Å². The second kappa shape index (κ2) is 5.73. The van der Waals surface area contributed by atoms with Gasteiger partial charge in [0.25, 0.3) is 0 Å². The molecule has 0 unspecified atom stereocenters. The first-order chi connectivity index (χ1) is 11.0. The van der Waals surface area contributed by atoms with Crippen LogP contribution in [0.5, 0.6) is 17.2 Å². The Morgan fingerprint density at radius 2 is 2.00 bits per heavy atom. The lowest BCUT2D eigenvalue weighted by molar-refractivity contribution is -0.380. The summed E-state index contributed by atoms with van der Waals surface area (Å²) in [5.74, 6) is 0.848. The molecule has 7 nitrogen and oxygen atoms in total. The third-order valence-corrected chi connectivity index (χ3v) is 4.23. The lowest BCUT2D eigenvalue weighted by Crippen LogP contribution is -1.97. The number of rotatable bonds is 4. The number of fused-ring (bicyclic) bond motifs is 1. The van der Waals surface area contributed by atoms with Gasteiger partial charge in [-0.3, -0.25) is 14.9 Å². The van der Waals surface area contributed by atoms with Crippen molar-refractivity contribution in [3.8, 4) is 17.2 Å². The van der Waals surface area contributed by atoms with Gasteiger partial charge in [-0.15, -0.1) is 0 Å². The molecule has 1 aliphatic rings. The van der Waals surface area contributed by atoms with Crippen LogP contribution in [0.25, 0.3) is 6.08 Å². The minimum atomic E-state index is -0.480. The fraction of sp³-hybridized carbons (Fsp3) is 0.133. The maximum Gasteiger partial charge on any atom is 0.324 e. The maximum atomic E-state index is 12.4. The van der Waals surface area contributed by atoms with Crippen molar-refractivity contribution in [3.05, 3.63) is 50.6 Å². The largest absolute Gasteiger partial charge is 0.493 e. The Kier molecular flexibility index (Phi) is 3.75. The number of thiophene rings is 1. The van der Waals surface area contributed by atoms with E-state index in [-0.39, 0.29) is 22.3 Å². The monoisotopic (exact) mass is 333 g/mol. The molecule has 23 heavy (non-hydrogen) atoms. The quantitative estimate of drug-likeness (QED) is 0.485. The molecule has 118 valence electrons. The second-order valence-electron chi connectivity index (χ2n) is 4.55. The Balaban J connectivity index is 1.99. The van der Waals surface area contributed by atoms with Gasteiger partial charge in [0.15, 0.2) is 17.3 Å². The normalized spacial score (nSPS) is 14.5. The summed E-state index contributed by atoms with van der Waals surface area (Å²) in [5.41, 5.74) is 0.361. The molecular formula is C15H11NO6S. The highest BCUT2D eigenvalue weighted by atomic mass is 32.1. The number of ketones is 1. The van der Waals surface area contributed by atoms with Crippen LogP contribution in [0.4, 0.5) is 5.00 Å². The van der Waals surface area contributed by atoms with Gasteiger partial charge in [-0.1, -0.05) is 11.3 Å². The van der Waals surface area contributed by atoms with Crippen LogP contribution in [0.15, 0.2) is 30.0 Å². The molecular weight excluding hydrogens is 322 g/mol. The predicted molar refractivity (Wildman–Crippen MR) is 83.5 cm³/mol. The topological polar surface area (TPSA) is 87.9 Å². The van der Waals surface area contributed by atoms with E-state index in [0.717, 1.165) is 11.3 Å². The molecule has 0 amide bonds. The van der Waals surface area contributed by atoms with E-state index in [1.54, 1.807) is 18.2 Å². The van der Waals surface area contributed by atoms with Crippen LogP contribution in [-0.2, 0) is 0 Å². The lowest BCUT2D eigenvalue weighted by atomic mass is 10.1. The first kappa shape index (κ1) is 15.0. The summed E-state index contributed by atoms with van der Waals surface area (Å²) in [6.07, 6.45) is 1.48. The summed E-state index contributed by atoms with van der Waals surface area (Å²) >= 11 is 0.963. The van der Waals surface area contributed by atoms with E-state index in [1.807, 2.05) is 0 Å². The molecule has 1 aliphatic heterocycles. The summed E-state index contributed by atoms with van der Waals surface area (Å²) in [5, 5.41) is 10.7. The van der Waals surface area contributed by atoms with Crippen LogP contribution in [0.3, 0.4) is 0 Å². The number of hydrogen-bond acceptors (Lipinski definition) is 7. The molecule has 2 heterocycles. The summed E-state index contributed by atoms with van der Waals surface area (Å²) in [4.78, 5) is 23.2. The fourth-order valence-electron chi connectivity index (χ4n) is 2.21. The van der Waals surface area contributed by atoms with E-state index >= 15 is 0 Å². The molecule has 3 rings (SSSR count). The van der Waals surface area contributed by atoms with Crippen molar-refractivity contribution in [1.29, 1.82) is 0 Å². The second-order valence-corrected chi connectivity index (χ2v) is 5.64. The fourth-order valence-corrected chi connectivity index (χ4v) is 2.96. The van der Waals surface area contributed by atoms with Crippen molar-refractivity contribution in [2.75, 3.05) is 14.2 Å². The van der Waals surface area contributed by atoms with E-state index in [0.29, 0.717) is 21.9 Å². The molecule has 0 saturated carbocycles. The average Bonchev–Trinajstić information content (AvgIpc) is 3.12. The van der Waals surface area contributed by atoms with Gasteiger partial charge in [0, 0.05) is 17.0 Å². The number of ether oxygens (including phenoxy) is 3. The Bertz CT molecular complexity index is 838. The van der Waals surface area contributed by atoms with Gasteiger partial charge >= 0.3 is 5.00 Å². The van der Waals surface area contributed by atoms with Crippen LogP contribution in [0, 0.1) is 10.1 Å². The summed E-state index contributed by atoms with van der Waals surface area (Å²) < 4.78 is 16.0. The highest BCUT2D eigenvalue weighted by Gasteiger charge is 2.32. The first-order valence-electron chi connectivity index (χ1n) is 6.48. The molecule has 0 atom stereocenters. The van der Waals surface area contributed by atoms with Gasteiger partial charge in [0.05, 0.1) is 24.7 Å². The number of carbonyl (C=O) groups is 1. The van der Waals surface area contributed by atoms with Gasteiger partial charge in [-0.2, -0.15) is 0 Å². The lowest BCUT2D eigenvalue weighted by Gasteiger charge is -2.10. The highest BCUT2D eigenvalue weighted by Crippen LogP contribution is 2.45. The molecule has 8 heteroatoms. The Hall–Kier alpha value is -2.87. The number of hydrogen-bond donors (Lipinski definition) is 0. The molecule has 0 saturated heterocycles. The highest BCUT2D eigenvalue weighted by molar-refractivity contribution is 7.16. The van der Waals surface area contributed by atoms with Crippen molar-refractivity contribution in [2.45, 2.75) is 0 Å².